The first kappa shape index (κ1) is 12.7. The van der Waals surface area contributed by atoms with Gasteiger partial charge in [0.25, 0.3) is 0 Å². The van der Waals surface area contributed by atoms with Gasteiger partial charge in [0.2, 0.25) is 0 Å². The summed E-state index contributed by atoms with van der Waals surface area (Å²) in [4.78, 5) is 11.4. The highest BCUT2D eigenvalue weighted by atomic mass is 32.2. The predicted octanol–water partition coefficient (Wildman–Crippen LogP) is 1.11. The molecule has 1 unspecified atom stereocenters. The highest BCUT2D eigenvalue weighted by Crippen LogP contribution is 2.11. The first-order chi connectivity index (χ1) is 7.63. The summed E-state index contributed by atoms with van der Waals surface area (Å²) < 4.78 is 25.5. The van der Waals surface area contributed by atoms with Crippen LogP contribution in [-0.2, 0) is 15.8 Å². The molecule has 1 atom stereocenters. The third-order valence-corrected chi connectivity index (χ3v) is 2.15. The summed E-state index contributed by atoms with van der Waals surface area (Å²) in [7, 11) is 0. The smallest absolute Gasteiger partial charge is 0.338 e. The van der Waals surface area contributed by atoms with E-state index in [2.05, 4.69) is 5.32 Å². The molecule has 16 heavy (non-hydrogen) atoms. The van der Waals surface area contributed by atoms with Crippen molar-refractivity contribution in [2.45, 2.75) is 6.92 Å². The maximum absolute atomic E-state index is 11.4. The van der Waals surface area contributed by atoms with Crippen molar-refractivity contribution in [2.24, 2.45) is 0 Å². The molecule has 0 aliphatic heterocycles. The van der Waals surface area contributed by atoms with E-state index in [1.165, 1.54) is 0 Å². The molecule has 0 bridgehead atoms. The van der Waals surface area contributed by atoms with Crippen LogP contribution < -0.4 is 5.32 Å². The van der Waals surface area contributed by atoms with E-state index >= 15 is 0 Å². The Kier molecular flexibility index (Phi) is 4.94. The molecule has 0 saturated carbocycles. The number of nitrogens with one attached hydrogen (secondary N) is 1. The van der Waals surface area contributed by atoms with E-state index in [1.54, 1.807) is 31.2 Å². The Bertz CT molecular complexity index is 394. The molecule has 0 aliphatic rings. The lowest BCUT2D eigenvalue weighted by atomic mass is 10.2. The topological polar surface area (TPSA) is 78.5 Å². The molecule has 1 aromatic carbocycles. The Hall–Kier alpha value is -1.40. The zero-order chi connectivity index (χ0) is 12.0. The standard InChI is InChI=1S/C10H13NO4S/c1-2-15-10(12)8-4-3-5-9(6-8)11-7-16(13)14/h3-6,11H,2,7H2,1H3,(H,13,14)/p-1. The van der Waals surface area contributed by atoms with Crippen LogP contribution in [0.3, 0.4) is 0 Å². The fourth-order valence-electron chi connectivity index (χ4n) is 1.11. The molecule has 1 rings (SSSR count). The van der Waals surface area contributed by atoms with Gasteiger partial charge in [0.1, 0.15) is 0 Å². The van der Waals surface area contributed by atoms with Crippen LogP contribution in [0.2, 0.25) is 0 Å². The van der Waals surface area contributed by atoms with Gasteiger partial charge >= 0.3 is 5.97 Å². The van der Waals surface area contributed by atoms with E-state index in [0.29, 0.717) is 17.9 Å². The second-order valence-corrected chi connectivity index (χ2v) is 3.82. The second-order valence-electron chi connectivity index (χ2n) is 2.93. The fourth-order valence-corrected chi connectivity index (χ4v) is 1.40. The molecule has 1 N–H and O–H groups in total. The van der Waals surface area contributed by atoms with Crippen molar-refractivity contribution in [3.63, 3.8) is 0 Å². The van der Waals surface area contributed by atoms with Gasteiger partial charge in [-0.3, -0.25) is 4.21 Å². The van der Waals surface area contributed by atoms with E-state index < -0.39 is 17.0 Å². The summed E-state index contributed by atoms with van der Waals surface area (Å²) in [5.74, 6) is -0.610. The van der Waals surface area contributed by atoms with Gasteiger partial charge < -0.3 is 14.6 Å². The average Bonchev–Trinajstić information content (AvgIpc) is 2.27. The van der Waals surface area contributed by atoms with Crippen molar-refractivity contribution < 1.29 is 18.3 Å². The minimum absolute atomic E-state index is 0.188. The van der Waals surface area contributed by atoms with Crippen LogP contribution in [0.5, 0.6) is 0 Å². The van der Waals surface area contributed by atoms with Crippen molar-refractivity contribution in [1.29, 1.82) is 0 Å². The lowest BCUT2D eigenvalue weighted by Crippen LogP contribution is -2.09. The SMILES string of the molecule is CCOC(=O)c1cccc(NCS(=O)[O-])c1. The minimum Gasteiger partial charge on any atom is -0.771 e. The van der Waals surface area contributed by atoms with Gasteiger partial charge in [0.05, 0.1) is 18.0 Å². The number of hydrogen-bond donors (Lipinski definition) is 1. The molecular formula is C10H12NO4S-. The molecule has 0 radical (unpaired) electrons. The molecule has 1 aromatic rings. The molecule has 6 heteroatoms. The molecule has 0 amide bonds. The van der Waals surface area contributed by atoms with E-state index in [4.69, 9.17) is 4.74 Å². The van der Waals surface area contributed by atoms with Gasteiger partial charge in [-0.1, -0.05) is 6.07 Å². The summed E-state index contributed by atoms with van der Waals surface area (Å²) in [6, 6.07) is 6.49. The molecule has 0 saturated heterocycles. The normalized spacial score (nSPS) is 11.9. The van der Waals surface area contributed by atoms with Crippen LogP contribution in [0, 0.1) is 0 Å². The number of rotatable bonds is 5. The van der Waals surface area contributed by atoms with Crippen LogP contribution in [0.25, 0.3) is 0 Å². The summed E-state index contributed by atoms with van der Waals surface area (Å²) in [5, 5.41) is 2.66. The molecule has 88 valence electrons. The molecule has 0 heterocycles. The number of anilines is 1. The highest BCUT2D eigenvalue weighted by Gasteiger charge is 2.06. The Balaban J connectivity index is 2.70. The number of benzene rings is 1. The minimum atomic E-state index is -2.16. The number of esters is 1. The molecular weight excluding hydrogens is 230 g/mol. The van der Waals surface area contributed by atoms with Gasteiger partial charge in [-0.05, 0) is 36.2 Å². The molecule has 5 nitrogen and oxygen atoms in total. The Morgan fingerprint density at radius 1 is 1.56 bits per heavy atom. The van der Waals surface area contributed by atoms with Gasteiger partial charge in [0, 0.05) is 5.69 Å². The highest BCUT2D eigenvalue weighted by molar-refractivity contribution is 7.79. The Morgan fingerprint density at radius 2 is 2.31 bits per heavy atom. The van der Waals surface area contributed by atoms with E-state index in [1.807, 2.05) is 0 Å². The van der Waals surface area contributed by atoms with Gasteiger partial charge in [-0.2, -0.15) is 0 Å². The van der Waals surface area contributed by atoms with Crippen molar-refractivity contribution in [3.05, 3.63) is 29.8 Å². The van der Waals surface area contributed by atoms with Crippen LogP contribution in [0.1, 0.15) is 17.3 Å². The molecule has 0 aromatic heterocycles. The molecule has 0 fully saturated rings. The van der Waals surface area contributed by atoms with Crippen molar-refractivity contribution >= 4 is 22.7 Å². The van der Waals surface area contributed by atoms with Crippen LogP contribution in [0.4, 0.5) is 5.69 Å². The largest absolute Gasteiger partial charge is 0.771 e. The third-order valence-electron chi connectivity index (χ3n) is 1.77. The zero-order valence-corrected chi connectivity index (χ0v) is 9.58. The summed E-state index contributed by atoms with van der Waals surface area (Å²) in [6.07, 6.45) is 0. The van der Waals surface area contributed by atoms with E-state index in [9.17, 15) is 13.6 Å². The van der Waals surface area contributed by atoms with Crippen LogP contribution in [-0.4, -0.2) is 27.2 Å². The summed E-state index contributed by atoms with van der Waals surface area (Å²) in [6.45, 7) is 2.03. The predicted molar refractivity (Wildman–Crippen MR) is 59.8 cm³/mol. The van der Waals surface area contributed by atoms with Crippen molar-refractivity contribution in [2.75, 3.05) is 17.8 Å². The monoisotopic (exact) mass is 242 g/mol. The molecule has 0 aliphatic carbocycles. The van der Waals surface area contributed by atoms with E-state index in [-0.39, 0.29) is 5.88 Å². The number of hydrogen-bond acceptors (Lipinski definition) is 5. The maximum atomic E-state index is 11.4. The van der Waals surface area contributed by atoms with Crippen LogP contribution >= 0.6 is 0 Å². The van der Waals surface area contributed by atoms with Crippen LogP contribution in [0.15, 0.2) is 24.3 Å². The number of carbonyl (C=O) groups excluding carboxylic acids is 1. The van der Waals surface area contributed by atoms with Crippen molar-refractivity contribution in [3.8, 4) is 0 Å². The lowest BCUT2D eigenvalue weighted by molar-refractivity contribution is 0.0526. The van der Waals surface area contributed by atoms with E-state index in [0.717, 1.165) is 0 Å². The summed E-state index contributed by atoms with van der Waals surface area (Å²) >= 11 is -2.16. The molecule has 0 spiro atoms. The first-order valence-electron chi connectivity index (χ1n) is 4.70. The van der Waals surface area contributed by atoms with Crippen molar-refractivity contribution in [1.82, 2.24) is 0 Å². The van der Waals surface area contributed by atoms with Gasteiger partial charge in [0.15, 0.2) is 0 Å². The Morgan fingerprint density at radius 3 is 2.94 bits per heavy atom. The number of carbonyl (C=O) groups is 1. The second kappa shape index (κ2) is 6.24. The zero-order valence-electron chi connectivity index (χ0n) is 8.76. The Labute approximate surface area is 96.1 Å². The lowest BCUT2D eigenvalue weighted by Gasteiger charge is -2.09. The third kappa shape index (κ3) is 4.00. The average molecular weight is 242 g/mol. The summed E-state index contributed by atoms with van der Waals surface area (Å²) in [5.41, 5.74) is 0.957. The van der Waals surface area contributed by atoms with Gasteiger partial charge in [-0.15, -0.1) is 0 Å². The number of ether oxygens (including phenoxy) is 1. The maximum Gasteiger partial charge on any atom is 0.338 e. The fraction of sp³-hybridized carbons (Fsp3) is 0.300. The quantitative estimate of drug-likeness (QED) is 0.618. The van der Waals surface area contributed by atoms with Gasteiger partial charge in [-0.25, -0.2) is 4.79 Å². The first-order valence-corrected chi connectivity index (χ1v) is 5.94.